The Morgan fingerprint density at radius 1 is 1.22 bits per heavy atom. The smallest absolute Gasteiger partial charge is 0.265 e. The van der Waals surface area contributed by atoms with Crippen LogP contribution in [0.5, 0.6) is 5.75 Å². The number of primary amides is 1. The highest BCUT2D eigenvalue weighted by Gasteiger charge is 2.17. The van der Waals surface area contributed by atoms with Gasteiger partial charge in [0.25, 0.3) is 11.8 Å². The summed E-state index contributed by atoms with van der Waals surface area (Å²) in [7, 11) is 0. The number of hydrogen-bond acceptors (Lipinski definition) is 3. The van der Waals surface area contributed by atoms with Crippen molar-refractivity contribution in [1.82, 2.24) is 0 Å². The Morgan fingerprint density at radius 3 is 2.57 bits per heavy atom. The third-order valence-electron chi connectivity index (χ3n) is 3.26. The van der Waals surface area contributed by atoms with E-state index in [1.807, 2.05) is 6.92 Å². The number of ether oxygens (including phenoxy) is 1. The average Bonchev–Trinajstić information content (AvgIpc) is 2.51. The van der Waals surface area contributed by atoms with Crippen LogP contribution >= 0.6 is 11.6 Å². The Kier molecular flexibility index (Phi) is 5.24. The highest BCUT2D eigenvalue weighted by Crippen LogP contribution is 2.22. The van der Waals surface area contributed by atoms with Gasteiger partial charge in [0.1, 0.15) is 5.75 Å². The largest absolute Gasteiger partial charge is 0.481 e. The maximum absolute atomic E-state index is 12.2. The predicted molar refractivity (Wildman–Crippen MR) is 89.9 cm³/mol. The van der Waals surface area contributed by atoms with Gasteiger partial charge in [0.05, 0.1) is 11.3 Å². The molecule has 2 amide bonds. The maximum Gasteiger partial charge on any atom is 0.265 e. The Labute approximate surface area is 139 Å². The molecule has 0 aliphatic heterocycles. The van der Waals surface area contributed by atoms with Gasteiger partial charge in [-0.05, 0) is 49.7 Å². The SMILES string of the molecule is Cc1cc(O[C@@H](C)C(=O)Nc2ccccc2C(N)=O)ccc1Cl. The minimum atomic E-state index is -0.753. The molecular formula is C17H17ClN2O3. The van der Waals surface area contributed by atoms with Crippen LogP contribution in [-0.2, 0) is 4.79 Å². The van der Waals surface area contributed by atoms with Gasteiger partial charge in [0, 0.05) is 5.02 Å². The Hall–Kier alpha value is -2.53. The van der Waals surface area contributed by atoms with Crippen molar-refractivity contribution in [3.05, 3.63) is 58.6 Å². The molecule has 120 valence electrons. The van der Waals surface area contributed by atoms with E-state index in [4.69, 9.17) is 22.1 Å². The summed E-state index contributed by atoms with van der Waals surface area (Å²) < 4.78 is 5.60. The summed E-state index contributed by atoms with van der Waals surface area (Å²) in [5.41, 5.74) is 6.74. The fraction of sp³-hybridized carbons (Fsp3) is 0.176. The van der Waals surface area contributed by atoms with Crippen molar-refractivity contribution >= 4 is 29.1 Å². The molecule has 0 saturated heterocycles. The molecule has 0 aliphatic carbocycles. The molecule has 2 aromatic rings. The molecule has 0 heterocycles. The number of benzene rings is 2. The first kappa shape index (κ1) is 16.8. The molecule has 0 bridgehead atoms. The van der Waals surface area contributed by atoms with Crippen LogP contribution in [0.15, 0.2) is 42.5 Å². The molecule has 0 saturated carbocycles. The minimum absolute atomic E-state index is 0.246. The fourth-order valence-electron chi connectivity index (χ4n) is 1.99. The van der Waals surface area contributed by atoms with Crippen LogP contribution in [0.3, 0.4) is 0 Å². The zero-order valence-electron chi connectivity index (χ0n) is 12.8. The number of carbonyl (C=O) groups is 2. The van der Waals surface area contributed by atoms with Gasteiger partial charge in [0.2, 0.25) is 0 Å². The van der Waals surface area contributed by atoms with Crippen molar-refractivity contribution in [2.75, 3.05) is 5.32 Å². The Balaban J connectivity index is 2.08. The highest BCUT2D eigenvalue weighted by atomic mass is 35.5. The number of hydrogen-bond donors (Lipinski definition) is 2. The standard InChI is InChI=1S/C17H17ClN2O3/c1-10-9-12(7-8-14(10)18)23-11(2)17(22)20-15-6-4-3-5-13(15)16(19)21/h3-9,11H,1-2H3,(H2,19,21)(H,20,22)/t11-/m0/s1. The van der Waals surface area contributed by atoms with Crippen molar-refractivity contribution in [3.63, 3.8) is 0 Å². The number of para-hydroxylation sites is 1. The molecule has 2 rings (SSSR count). The second-order valence-corrected chi connectivity index (χ2v) is 5.48. The fourth-order valence-corrected chi connectivity index (χ4v) is 2.11. The van der Waals surface area contributed by atoms with E-state index in [2.05, 4.69) is 5.32 Å². The van der Waals surface area contributed by atoms with Crippen LogP contribution in [0.1, 0.15) is 22.8 Å². The van der Waals surface area contributed by atoms with Crippen LogP contribution in [-0.4, -0.2) is 17.9 Å². The Morgan fingerprint density at radius 2 is 1.91 bits per heavy atom. The first-order valence-corrected chi connectivity index (χ1v) is 7.39. The number of anilines is 1. The lowest BCUT2D eigenvalue weighted by Crippen LogP contribution is -2.31. The van der Waals surface area contributed by atoms with Crippen molar-refractivity contribution in [2.24, 2.45) is 5.73 Å². The summed E-state index contributed by atoms with van der Waals surface area (Å²) >= 11 is 5.96. The van der Waals surface area contributed by atoms with E-state index in [0.29, 0.717) is 16.5 Å². The number of nitrogens with one attached hydrogen (secondary N) is 1. The zero-order chi connectivity index (χ0) is 17.0. The molecule has 0 spiro atoms. The van der Waals surface area contributed by atoms with Gasteiger partial charge < -0.3 is 15.8 Å². The molecule has 0 radical (unpaired) electrons. The highest BCUT2D eigenvalue weighted by molar-refractivity contribution is 6.31. The average molecular weight is 333 g/mol. The van der Waals surface area contributed by atoms with Crippen LogP contribution in [0.4, 0.5) is 5.69 Å². The first-order valence-electron chi connectivity index (χ1n) is 7.01. The van der Waals surface area contributed by atoms with Gasteiger partial charge in [-0.2, -0.15) is 0 Å². The zero-order valence-corrected chi connectivity index (χ0v) is 13.6. The maximum atomic E-state index is 12.2. The normalized spacial score (nSPS) is 11.6. The lowest BCUT2D eigenvalue weighted by Gasteiger charge is -2.16. The molecule has 1 atom stereocenters. The number of rotatable bonds is 5. The number of halogens is 1. The topological polar surface area (TPSA) is 81.4 Å². The summed E-state index contributed by atoms with van der Waals surface area (Å²) in [6.07, 6.45) is -0.753. The predicted octanol–water partition coefficient (Wildman–Crippen LogP) is 3.15. The van der Waals surface area contributed by atoms with Crippen molar-refractivity contribution in [1.29, 1.82) is 0 Å². The third kappa shape index (κ3) is 4.23. The van der Waals surface area contributed by atoms with E-state index in [9.17, 15) is 9.59 Å². The number of aryl methyl sites for hydroxylation is 1. The molecule has 0 aromatic heterocycles. The van der Waals surface area contributed by atoms with Gasteiger partial charge in [-0.15, -0.1) is 0 Å². The quantitative estimate of drug-likeness (QED) is 0.882. The van der Waals surface area contributed by atoms with E-state index >= 15 is 0 Å². The summed E-state index contributed by atoms with van der Waals surface area (Å²) in [6, 6.07) is 11.7. The van der Waals surface area contributed by atoms with Crippen molar-refractivity contribution in [3.8, 4) is 5.75 Å². The van der Waals surface area contributed by atoms with Gasteiger partial charge in [-0.1, -0.05) is 23.7 Å². The van der Waals surface area contributed by atoms with Crippen LogP contribution < -0.4 is 15.8 Å². The molecule has 6 heteroatoms. The van der Waals surface area contributed by atoms with E-state index in [-0.39, 0.29) is 11.5 Å². The van der Waals surface area contributed by atoms with E-state index < -0.39 is 12.0 Å². The van der Waals surface area contributed by atoms with Crippen LogP contribution in [0, 0.1) is 6.92 Å². The molecule has 23 heavy (non-hydrogen) atoms. The molecule has 5 nitrogen and oxygen atoms in total. The summed E-state index contributed by atoms with van der Waals surface area (Å²) in [6.45, 7) is 3.47. The van der Waals surface area contributed by atoms with E-state index in [1.54, 1.807) is 49.4 Å². The van der Waals surface area contributed by atoms with Gasteiger partial charge in [0.15, 0.2) is 6.10 Å². The number of nitrogens with two attached hydrogens (primary N) is 1. The number of amides is 2. The van der Waals surface area contributed by atoms with Crippen molar-refractivity contribution < 1.29 is 14.3 Å². The van der Waals surface area contributed by atoms with Gasteiger partial charge in [-0.3, -0.25) is 9.59 Å². The van der Waals surface area contributed by atoms with Crippen LogP contribution in [0.25, 0.3) is 0 Å². The van der Waals surface area contributed by atoms with E-state index in [1.165, 1.54) is 0 Å². The molecule has 0 unspecified atom stereocenters. The lowest BCUT2D eigenvalue weighted by atomic mass is 10.1. The van der Waals surface area contributed by atoms with E-state index in [0.717, 1.165) is 5.56 Å². The number of carbonyl (C=O) groups excluding carboxylic acids is 2. The van der Waals surface area contributed by atoms with Gasteiger partial charge in [-0.25, -0.2) is 0 Å². The molecule has 2 aromatic carbocycles. The second kappa shape index (κ2) is 7.15. The summed E-state index contributed by atoms with van der Waals surface area (Å²) in [4.78, 5) is 23.6. The first-order chi connectivity index (χ1) is 10.9. The molecule has 0 aliphatic rings. The molecular weight excluding hydrogens is 316 g/mol. The van der Waals surface area contributed by atoms with Gasteiger partial charge >= 0.3 is 0 Å². The van der Waals surface area contributed by atoms with Crippen LogP contribution in [0.2, 0.25) is 5.02 Å². The Bertz CT molecular complexity index is 746. The second-order valence-electron chi connectivity index (χ2n) is 5.07. The minimum Gasteiger partial charge on any atom is -0.481 e. The summed E-state index contributed by atoms with van der Waals surface area (Å²) in [5, 5.41) is 3.28. The van der Waals surface area contributed by atoms with Crippen molar-refractivity contribution in [2.45, 2.75) is 20.0 Å². The third-order valence-corrected chi connectivity index (χ3v) is 3.69. The molecule has 3 N–H and O–H groups in total. The lowest BCUT2D eigenvalue weighted by molar-refractivity contribution is -0.122. The monoisotopic (exact) mass is 332 g/mol. The summed E-state index contributed by atoms with van der Waals surface area (Å²) in [5.74, 6) is -0.452. The molecule has 0 fully saturated rings.